The molecule has 1 aromatic heterocycles. The number of carbonyl (C=O) groups is 1. The highest BCUT2D eigenvalue weighted by atomic mass is 16.5. The Kier molecular flexibility index (Phi) is 5.84. The predicted octanol–water partition coefficient (Wildman–Crippen LogP) is 3.93. The summed E-state index contributed by atoms with van der Waals surface area (Å²) < 4.78 is 16.3. The number of carbonyl (C=O) groups excluding carboxylic acids is 1. The number of aromatic nitrogens is 2. The van der Waals surface area contributed by atoms with Gasteiger partial charge in [0.1, 0.15) is 5.75 Å². The molecule has 3 rings (SSSR count). The van der Waals surface area contributed by atoms with Crippen molar-refractivity contribution in [1.82, 2.24) is 9.97 Å². The molecule has 0 atom stereocenters. The van der Waals surface area contributed by atoms with E-state index in [2.05, 4.69) is 15.3 Å². The van der Waals surface area contributed by atoms with Crippen molar-refractivity contribution in [3.05, 3.63) is 66.5 Å². The third-order valence-electron chi connectivity index (χ3n) is 3.59. The molecule has 0 saturated carbocycles. The Morgan fingerprint density at radius 2 is 1.78 bits per heavy atom. The molecular formula is C20H19N3O4. The van der Waals surface area contributed by atoms with Crippen LogP contribution in [0.5, 0.6) is 23.3 Å². The lowest BCUT2D eigenvalue weighted by Gasteiger charge is -2.11. The van der Waals surface area contributed by atoms with Gasteiger partial charge in [0.25, 0.3) is 5.91 Å². The molecule has 0 aliphatic rings. The van der Waals surface area contributed by atoms with Crippen LogP contribution >= 0.6 is 0 Å². The fourth-order valence-corrected chi connectivity index (χ4v) is 2.34. The molecule has 7 heteroatoms. The van der Waals surface area contributed by atoms with Crippen LogP contribution < -0.4 is 19.5 Å². The van der Waals surface area contributed by atoms with Crippen molar-refractivity contribution in [3.63, 3.8) is 0 Å². The van der Waals surface area contributed by atoms with Crippen molar-refractivity contribution in [2.75, 3.05) is 19.0 Å². The molecule has 138 valence electrons. The number of methoxy groups -OCH3 is 1. The van der Waals surface area contributed by atoms with Gasteiger partial charge in [-0.25, -0.2) is 9.97 Å². The van der Waals surface area contributed by atoms with Gasteiger partial charge < -0.3 is 19.5 Å². The van der Waals surface area contributed by atoms with Gasteiger partial charge in [-0.05, 0) is 55.5 Å². The van der Waals surface area contributed by atoms with Crippen LogP contribution in [0.3, 0.4) is 0 Å². The Morgan fingerprint density at radius 3 is 2.44 bits per heavy atom. The van der Waals surface area contributed by atoms with E-state index in [1.54, 1.807) is 68.0 Å². The summed E-state index contributed by atoms with van der Waals surface area (Å²) in [6.45, 7) is 2.35. The van der Waals surface area contributed by atoms with E-state index in [1.165, 1.54) is 0 Å². The maximum Gasteiger partial charge on any atom is 0.321 e. The van der Waals surface area contributed by atoms with Crippen molar-refractivity contribution in [3.8, 4) is 23.3 Å². The highest BCUT2D eigenvalue weighted by molar-refractivity contribution is 6.04. The van der Waals surface area contributed by atoms with Crippen molar-refractivity contribution in [2.24, 2.45) is 0 Å². The van der Waals surface area contributed by atoms with Gasteiger partial charge in [-0.2, -0.15) is 0 Å². The highest BCUT2D eigenvalue weighted by Gasteiger charge is 2.11. The molecule has 7 nitrogen and oxygen atoms in total. The van der Waals surface area contributed by atoms with E-state index >= 15 is 0 Å². The van der Waals surface area contributed by atoms with Crippen molar-refractivity contribution in [2.45, 2.75) is 6.92 Å². The monoisotopic (exact) mass is 365 g/mol. The summed E-state index contributed by atoms with van der Waals surface area (Å²) in [6.07, 6.45) is 3.20. The Labute approximate surface area is 156 Å². The zero-order valence-electron chi connectivity index (χ0n) is 15.0. The molecule has 1 N–H and O–H groups in total. The van der Waals surface area contributed by atoms with E-state index in [0.29, 0.717) is 35.1 Å². The average Bonchev–Trinajstić information content (AvgIpc) is 2.70. The number of hydrogen-bond donors (Lipinski definition) is 1. The minimum absolute atomic E-state index is 0.251. The molecule has 0 bridgehead atoms. The molecule has 3 aromatic rings. The van der Waals surface area contributed by atoms with Crippen LogP contribution in [0.1, 0.15) is 17.3 Å². The van der Waals surface area contributed by atoms with Gasteiger partial charge in [-0.15, -0.1) is 0 Å². The van der Waals surface area contributed by atoms with Crippen molar-refractivity contribution >= 4 is 11.6 Å². The first-order chi connectivity index (χ1) is 13.2. The lowest BCUT2D eigenvalue weighted by molar-refractivity contribution is 0.102. The number of hydrogen-bond acceptors (Lipinski definition) is 6. The van der Waals surface area contributed by atoms with Crippen molar-refractivity contribution < 1.29 is 19.0 Å². The van der Waals surface area contributed by atoms with Crippen LogP contribution in [-0.4, -0.2) is 29.6 Å². The Hall–Kier alpha value is -3.61. The van der Waals surface area contributed by atoms with Gasteiger partial charge in [0, 0.05) is 23.6 Å². The normalized spacial score (nSPS) is 10.1. The minimum atomic E-state index is -0.251. The molecule has 0 aliphatic heterocycles. The third kappa shape index (κ3) is 4.72. The van der Waals surface area contributed by atoms with Crippen LogP contribution in [0.25, 0.3) is 0 Å². The molecule has 2 aromatic carbocycles. The molecular weight excluding hydrogens is 346 g/mol. The molecule has 1 heterocycles. The van der Waals surface area contributed by atoms with Crippen LogP contribution in [-0.2, 0) is 0 Å². The summed E-state index contributed by atoms with van der Waals surface area (Å²) >= 11 is 0. The van der Waals surface area contributed by atoms with E-state index in [4.69, 9.17) is 14.2 Å². The second-order valence-electron chi connectivity index (χ2n) is 5.41. The SMILES string of the molecule is CCOc1cc(C(=O)Nc2ccc(Oc3ncccn3)cc2)ccc1OC. The van der Waals surface area contributed by atoms with Crippen LogP contribution in [0, 0.1) is 0 Å². The molecule has 0 fully saturated rings. The quantitative estimate of drug-likeness (QED) is 0.683. The van der Waals surface area contributed by atoms with Gasteiger partial charge in [0.15, 0.2) is 11.5 Å². The summed E-state index contributed by atoms with van der Waals surface area (Å²) in [7, 11) is 1.56. The maximum absolute atomic E-state index is 12.5. The number of ether oxygens (including phenoxy) is 3. The van der Waals surface area contributed by atoms with Crippen molar-refractivity contribution in [1.29, 1.82) is 0 Å². The summed E-state index contributed by atoms with van der Waals surface area (Å²) in [5, 5.41) is 2.83. The standard InChI is InChI=1S/C20H19N3O4/c1-3-26-18-13-14(5-10-17(18)25-2)19(24)23-15-6-8-16(9-7-15)27-20-21-11-4-12-22-20/h4-13H,3H2,1-2H3,(H,23,24). The van der Waals surface area contributed by atoms with Gasteiger partial charge in [0.2, 0.25) is 0 Å². The molecule has 0 aliphatic carbocycles. The smallest absolute Gasteiger partial charge is 0.321 e. The molecule has 1 amide bonds. The molecule has 27 heavy (non-hydrogen) atoms. The van der Waals surface area contributed by atoms with E-state index in [-0.39, 0.29) is 11.9 Å². The third-order valence-corrected chi connectivity index (χ3v) is 3.59. The maximum atomic E-state index is 12.5. The van der Waals surface area contributed by atoms with E-state index in [0.717, 1.165) is 0 Å². The fraction of sp³-hybridized carbons (Fsp3) is 0.150. The van der Waals surface area contributed by atoms with E-state index < -0.39 is 0 Å². The lowest BCUT2D eigenvalue weighted by atomic mass is 10.2. The molecule has 0 saturated heterocycles. The van der Waals surface area contributed by atoms with Crippen LogP contribution in [0.4, 0.5) is 5.69 Å². The molecule has 0 spiro atoms. The lowest BCUT2D eigenvalue weighted by Crippen LogP contribution is -2.12. The second kappa shape index (κ2) is 8.66. The number of rotatable bonds is 7. The van der Waals surface area contributed by atoms with Gasteiger partial charge in [-0.1, -0.05) is 0 Å². The topological polar surface area (TPSA) is 82.6 Å². The zero-order valence-corrected chi connectivity index (χ0v) is 15.0. The predicted molar refractivity (Wildman–Crippen MR) is 101 cm³/mol. The number of amides is 1. The summed E-state index contributed by atoms with van der Waals surface area (Å²) in [5.74, 6) is 1.43. The van der Waals surface area contributed by atoms with Crippen LogP contribution in [0.15, 0.2) is 60.9 Å². The van der Waals surface area contributed by atoms with Crippen LogP contribution in [0.2, 0.25) is 0 Å². The summed E-state index contributed by atoms with van der Waals surface area (Å²) in [5.41, 5.74) is 1.10. The molecule has 0 unspecified atom stereocenters. The number of benzene rings is 2. The number of nitrogens with zero attached hydrogens (tertiary/aromatic N) is 2. The zero-order chi connectivity index (χ0) is 19.1. The Morgan fingerprint density at radius 1 is 1.04 bits per heavy atom. The molecule has 0 radical (unpaired) electrons. The first-order valence-corrected chi connectivity index (χ1v) is 8.36. The average molecular weight is 365 g/mol. The largest absolute Gasteiger partial charge is 0.493 e. The van der Waals surface area contributed by atoms with Gasteiger partial charge in [-0.3, -0.25) is 4.79 Å². The Balaban J connectivity index is 1.68. The van der Waals surface area contributed by atoms with E-state index in [9.17, 15) is 4.79 Å². The minimum Gasteiger partial charge on any atom is -0.493 e. The Bertz CT molecular complexity index is 899. The van der Waals surface area contributed by atoms with Gasteiger partial charge >= 0.3 is 6.01 Å². The first kappa shape index (κ1) is 18.2. The summed E-state index contributed by atoms with van der Waals surface area (Å²) in [6, 6.07) is 13.9. The van der Waals surface area contributed by atoms with E-state index in [1.807, 2.05) is 6.92 Å². The first-order valence-electron chi connectivity index (χ1n) is 8.36. The number of nitrogens with one attached hydrogen (secondary N) is 1. The second-order valence-corrected chi connectivity index (χ2v) is 5.41. The highest BCUT2D eigenvalue weighted by Crippen LogP contribution is 2.28. The summed E-state index contributed by atoms with van der Waals surface area (Å²) in [4.78, 5) is 20.5. The fourth-order valence-electron chi connectivity index (χ4n) is 2.34. The van der Waals surface area contributed by atoms with Gasteiger partial charge in [0.05, 0.1) is 13.7 Å². The number of anilines is 1.